The average Bonchev–Trinajstić information content (AvgIpc) is 3.40. The molecule has 29 heavy (non-hydrogen) atoms. The lowest BCUT2D eigenvalue weighted by atomic mass is 9.72. The van der Waals surface area contributed by atoms with Crippen LogP contribution in [0.4, 0.5) is 10.2 Å². The van der Waals surface area contributed by atoms with Gasteiger partial charge in [-0.15, -0.1) is 21.5 Å². The van der Waals surface area contributed by atoms with Crippen LogP contribution in [0.3, 0.4) is 0 Å². The maximum Gasteiger partial charge on any atom is 0.165 e. The Morgan fingerprint density at radius 2 is 1.93 bits per heavy atom. The normalized spacial score (nSPS) is 15.1. The molecule has 0 amide bonds. The van der Waals surface area contributed by atoms with Crippen LogP contribution in [0.25, 0.3) is 21.3 Å². The number of hydrogen-bond donors (Lipinski definition) is 1. The van der Waals surface area contributed by atoms with Crippen molar-refractivity contribution in [3.63, 3.8) is 0 Å². The Bertz CT molecular complexity index is 1120. The SMILES string of the molecule is CN(c1ccc(-c2ccc(-c3ncn[nH]3)s2)nn1)C1(c2ncccc2F)CCC1. The van der Waals surface area contributed by atoms with Gasteiger partial charge in [0, 0.05) is 13.2 Å². The van der Waals surface area contributed by atoms with Crippen molar-refractivity contribution in [2.75, 3.05) is 11.9 Å². The fraction of sp³-hybridized carbons (Fsp3) is 0.250. The van der Waals surface area contributed by atoms with Crippen LogP contribution in [0.15, 0.2) is 48.9 Å². The number of thiophene rings is 1. The van der Waals surface area contributed by atoms with E-state index in [4.69, 9.17) is 0 Å². The summed E-state index contributed by atoms with van der Waals surface area (Å²) < 4.78 is 14.5. The number of nitrogens with one attached hydrogen (secondary N) is 1. The second kappa shape index (κ2) is 7.00. The minimum absolute atomic E-state index is 0.276. The van der Waals surface area contributed by atoms with Gasteiger partial charge in [0.25, 0.3) is 0 Å². The van der Waals surface area contributed by atoms with E-state index in [0.717, 1.165) is 40.5 Å². The summed E-state index contributed by atoms with van der Waals surface area (Å²) in [6.45, 7) is 0. The molecule has 9 heteroatoms. The second-order valence-corrected chi connectivity index (χ2v) is 8.14. The van der Waals surface area contributed by atoms with E-state index < -0.39 is 5.54 Å². The van der Waals surface area contributed by atoms with E-state index in [1.807, 2.05) is 36.2 Å². The summed E-state index contributed by atoms with van der Waals surface area (Å²) in [6, 6.07) is 10.9. The minimum atomic E-state index is -0.468. The van der Waals surface area contributed by atoms with E-state index >= 15 is 0 Å². The van der Waals surface area contributed by atoms with Gasteiger partial charge in [-0.05, 0) is 55.7 Å². The number of pyridine rings is 1. The van der Waals surface area contributed by atoms with Crippen molar-refractivity contribution in [3.05, 3.63) is 60.4 Å². The lowest BCUT2D eigenvalue weighted by Gasteiger charge is -2.48. The summed E-state index contributed by atoms with van der Waals surface area (Å²) in [5.41, 5.74) is 0.795. The molecule has 0 radical (unpaired) electrons. The number of anilines is 1. The molecular weight excluding hydrogens is 389 g/mol. The van der Waals surface area contributed by atoms with Crippen LogP contribution in [0.5, 0.6) is 0 Å². The molecule has 0 aromatic carbocycles. The molecule has 146 valence electrons. The van der Waals surface area contributed by atoms with E-state index in [0.29, 0.717) is 11.5 Å². The Balaban J connectivity index is 1.42. The molecule has 1 aliphatic rings. The van der Waals surface area contributed by atoms with Crippen LogP contribution >= 0.6 is 11.3 Å². The van der Waals surface area contributed by atoms with Gasteiger partial charge in [0.15, 0.2) is 11.6 Å². The smallest absolute Gasteiger partial charge is 0.165 e. The summed E-state index contributed by atoms with van der Waals surface area (Å²) in [5.74, 6) is 1.16. The first-order chi connectivity index (χ1) is 14.2. The monoisotopic (exact) mass is 407 g/mol. The molecule has 0 saturated heterocycles. The minimum Gasteiger partial charge on any atom is -0.347 e. The zero-order chi connectivity index (χ0) is 19.8. The topological polar surface area (TPSA) is 83.5 Å². The molecule has 1 aliphatic carbocycles. The van der Waals surface area contributed by atoms with Gasteiger partial charge in [0.05, 0.1) is 15.3 Å². The fourth-order valence-corrected chi connectivity index (χ4v) is 4.67. The van der Waals surface area contributed by atoms with Gasteiger partial charge in [-0.25, -0.2) is 9.37 Å². The second-order valence-electron chi connectivity index (χ2n) is 7.05. The van der Waals surface area contributed by atoms with E-state index in [2.05, 4.69) is 30.4 Å². The van der Waals surface area contributed by atoms with E-state index in [1.54, 1.807) is 23.6 Å². The highest BCUT2D eigenvalue weighted by Crippen LogP contribution is 2.47. The molecule has 0 atom stereocenters. The first kappa shape index (κ1) is 17.9. The largest absolute Gasteiger partial charge is 0.347 e. The molecule has 0 aliphatic heterocycles. The average molecular weight is 407 g/mol. The number of nitrogens with zero attached hydrogens (tertiary/aromatic N) is 6. The van der Waals surface area contributed by atoms with E-state index in [9.17, 15) is 4.39 Å². The molecule has 1 N–H and O–H groups in total. The maximum absolute atomic E-state index is 14.5. The third-order valence-corrected chi connectivity index (χ3v) is 6.64. The molecule has 7 nitrogen and oxygen atoms in total. The van der Waals surface area contributed by atoms with Crippen LogP contribution in [0.1, 0.15) is 25.0 Å². The lowest BCUT2D eigenvalue weighted by molar-refractivity contribution is 0.224. The quantitative estimate of drug-likeness (QED) is 0.538. The predicted octanol–water partition coefficient (Wildman–Crippen LogP) is 4.04. The summed E-state index contributed by atoms with van der Waals surface area (Å²) in [5, 5.41) is 15.6. The Hall–Kier alpha value is -3.20. The highest BCUT2D eigenvalue weighted by atomic mass is 32.1. The van der Waals surface area contributed by atoms with Crippen molar-refractivity contribution in [2.24, 2.45) is 0 Å². The van der Waals surface area contributed by atoms with Crippen LogP contribution in [-0.4, -0.2) is 37.4 Å². The Labute approximate surface area is 170 Å². The van der Waals surface area contributed by atoms with Crippen molar-refractivity contribution >= 4 is 17.2 Å². The molecular formula is C20H18FN7S. The molecule has 4 aromatic heterocycles. The zero-order valence-electron chi connectivity index (χ0n) is 15.7. The third kappa shape index (κ3) is 2.98. The van der Waals surface area contributed by atoms with Crippen LogP contribution in [-0.2, 0) is 5.54 Å². The van der Waals surface area contributed by atoms with Crippen molar-refractivity contribution in [1.29, 1.82) is 0 Å². The van der Waals surface area contributed by atoms with Gasteiger partial charge in [-0.2, -0.15) is 5.10 Å². The molecule has 0 spiro atoms. The van der Waals surface area contributed by atoms with Crippen molar-refractivity contribution < 1.29 is 4.39 Å². The Morgan fingerprint density at radius 3 is 2.59 bits per heavy atom. The Kier molecular flexibility index (Phi) is 4.31. The summed E-state index contributed by atoms with van der Waals surface area (Å²) in [6.07, 6.45) is 5.84. The molecule has 4 heterocycles. The summed E-state index contributed by atoms with van der Waals surface area (Å²) >= 11 is 1.57. The first-order valence-corrected chi connectivity index (χ1v) is 10.1. The molecule has 1 fully saturated rings. The van der Waals surface area contributed by atoms with Gasteiger partial charge < -0.3 is 4.90 Å². The predicted molar refractivity (Wildman–Crippen MR) is 109 cm³/mol. The highest BCUT2D eigenvalue weighted by Gasteiger charge is 2.46. The number of aromatic amines is 1. The van der Waals surface area contributed by atoms with Crippen LogP contribution < -0.4 is 4.90 Å². The number of H-pyrrole nitrogens is 1. The summed E-state index contributed by atoms with van der Waals surface area (Å²) in [4.78, 5) is 12.5. The van der Waals surface area contributed by atoms with Crippen molar-refractivity contribution in [2.45, 2.75) is 24.8 Å². The van der Waals surface area contributed by atoms with Gasteiger partial charge in [0.1, 0.15) is 23.5 Å². The molecule has 1 saturated carbocycles. The molecule has 5 rings (SSSR count). The molecule has 0 unspecified atom stereocenters. The van der Waals surface area contributed by atoms with Crippen molar-refractivity contribution in [3.8, 4) is 21.3 Å². The third-order valence-electron chi connectivity index (χ3n) is 5.52. The van der Waals surface area contributed by atoms with E-state index in [1.165, 1.54) is 12.4 Å². The molecule has 0 bridgehead atoms. The number of aromatic nitrogens is 6. The van der Waals surface area contributed by atoms with Crippen molar-refractivity contribution in [1.82, 2.24) is 30.4 Å². The number of halogens is 1. The van der Waals surface area contributed by atoms with Crippen LogP contribution in [0.2, 0.25) is 0 Å². The number of hydrogen-bond acceptors (Lipinski definition) is 7. The number of rotatable bonds is 5. The highest BCUT2D eigenvalue weighted by molar-refractivity contribution is 7.18. The van der Waals surface area contributed by atoms with Crippen LogP contribution in [0, 0.1) is 5.82 Å². The summed E-state index contributed by atoms with van der Waals surface area (Å²) in [7, 11) is 1.93. The first-order valence-electron chi connectivity index (χ1n) is 9.32. The zero-order valence-corrected chi connectivity index (χ0v) is 16.5. The standard InChI is InChI=1S/C20H18FN7S/c1-28(20(9-3-10-20)18-13(21)4-2-11-22-18)17-8-5-14(25-26-17)15-6-7-16(29-15)19-23-12-24-27-19/h2,4-8,11-12H,3,9-10H2,1H3,(H,23,24,27). The molecule has 4 aromatic rings. The maximum atomic E-state index is 14.5. The van der Waals surface area contributed by atoms with Gasteiger partial charge >= 0.3 is 0 Å². The Morgan fingerprint density at radius 1 is 1.07 bits per heavy atom. The van der Waals surface area contributed by atoms with Gasteiger partial charge in [-0.3, -0.25) is 10.1 Å². The lowest BCUT2D eigenvalue weighted by Crippen LogP contribution is -2.51. The van der Waals surface area contributed by atoms with Gasteiger partial charge in [-0.1, -0.05) is 0 Å². The van der Waals surface area contributed by atoms with Gasteiger partial charge in [0.2, 0.25) is 0 Å². The fourth-order valence-electron chi connectivity index (χ4n) is 3.75. The van der Waals surface area contributed by atoms with E-state index in [-0.39, 0.29) is 5.82 Å².